The highest BCUT2D eigenvalue weighted by Gasteiger charge is 2.13. The minimum absolute atomic E-state index is 0.397. The van der Waals surface area contributed by atoms with E-state index in [1.807, 2.05) is 12.1 Å². The molecule has 1 aromatic heterocycles. The van der Waals surface area contributed by atoms with Gasteiger partial charge in [0.2, 0.25) is 0 Å². The van der Waals surface area contributed by atoms with Gasteiger partial charge >= 0.3 is 0 Å². The monoisotopic (exact) mass is 246 g/mol. The summed E-state index contributed by atoms with van der Waals surface area (Å²) in [6.07, 6.45) is 2.65. The third-order valence-electron chi connectivity index (χ3n) is 3.25. The van der Waals surface area contributed by atoms with E-state index in [0.29, 0.717) is 17.4 Å². The van der Waals surface area contributed by atoms with Crippen molar-refractivity contribution in [3.63, 3.8) is 0 Å². The number of hydrogen-bond donors (Lipinski definition) is 0. The van der Waals surface area contributed by atoms with Gasteiger partial charge in [-0.3, -0.25) is 0 Å². The summed E-state index contributed by atoms with van der Waals surface area (Å²) in [6, 6.07) is 3.84. The van der Waals surface area contributed by atoms with Crippen LogP contribution in [0.5, 0.6) is 11.5 Å². The Morgan fingerprint density at radius 2 is 1.78 bits per heavy atom. The van der Waals surface area contributed by atoms with E-state index in [1.54, 1.807) is 20.5 Å². The van der Waals surface area contributed by atoms with Crippen molar-refractivity contribution >= 4 is 10.9 Å². The number of ether oxygens (including phenoxy) is 2. The second kappa shape index (κ2) is 5.21. The van der Waals surface area contributed by atoms with Crippen LogP contribution >= 0.6 is 0 Å². The molecule has 1 aromatic carbocycles. The van der Waals surface area contributed by atoms with Crippen molar-refractivity contribution in [1.29, 1.82) is 0 Å². The van der Waals surface area contributed by atoms with E-state index in [2.05, 4.69) is 23.8 Å². The molecule has 1 heterocycles. The highest BCUT2D eigenvalue weighted by atomic mass is 16.5. The number of fused-ring (bicyclic) bond motifs is 1. The Kier molecular flexibility index (Phi) is 3.65. The number of methoxy groups -OCH3 is 2. The van der Waals surface area contributed by atoms with Crippen LogP contribution in [0, 0.1) is 0 Å². The smallest absolute Gasteiger partial charge is 0.162 e. The molecule has 18 heavy (non-hydrogen) atoms. The summed E-state index contributed by atoms with van der Waals surface area (Å²) in [5.41, 5.74) is 1.95. The van der Waals surface area contributed by atoms with E-state index in [1.165, 1.54) is 0 Å². The van der Waals surface area contributed by atoms with E-state index in [4.69, 9.17) is 9.47 Å². The Balaban J connectivity index is 2.68. The minimum atomic E-state index is 0.397. The lowest BCUT2D eigenvalue weighted by Gasteiger charge is -2.13. The molecule has 0 N–H and O–H groups in total. The molecule has 0 aliphatic rings. The normalized spacial score (nSPS) is 12.4. The van der Waals surface area contributed by atoms with Gasteiger partial charge in [-0.1, -0.05) is 13.8 Å². The van der Waals surface area contributed by atoms with Crippen LogP contribution in [0.1, 0.15) is 31.9 Å². The fourth-order valence-electron chi connectivity index (χ4n) is 1.99. The van der Waals surface area contributed by atoms with Gasteiger partial charge in [0, 0.05) is 11.5 Å². The average molecular weight is 246 g/mol. The molecule has 4 heteroatoms. The molecular formula is C14H18N2O2. The zero-order valence-electron chi connectivity index (χ0n) is 11.2. The van der Waals surface area contributed by atoms with Gasteiger partial charge in [0.25, 0.3) is 0 Å². The Morgan fingerprint density at radius 3 is 2.39 bits per heavy atom. The molecule has 4 nitrogen and oxygen atoms in total. The summed E-state index contributed by atoms with van der Waals surface area (Å²) in [4.78, 5) is 8.70. The molecule has 1 atom stereocenters. The molecule has 0 fully saturated rings. The third-order valence-corrected chi connectivity index (χ3v) is 3.25. The molecular weight excluding hydrogens is 228 g/mol. The topological polar surface area (TPSA) is 44.2 Å². The van der Waals surface area contributed by atoms with Crippen molar-refractivity contribution in [3.8, 4) is 11.5 Å². The molecule has 2 aromatic rings. The van der Waals surface area contributed by atoms with Crippen LogP contribution in [0.2, 0.25) is 0 Å². The van der Waals surface area contributed by atoms with Crippen LogP contribution in [-0.2, 0) is 0 Å². The number of nitrogens with zero attached hydrogens (tertiary/aromatic N) is 2. The summed E-state index contributed by atoms with van der Waals surface area (Å²) in [5, 5.41) is 1.03. The highest BCUT2D eigenvalue weighted by Crippen LogP contribution is 2.34. The van der Waals surface area contributed by atoms with Gasteiger partial charge in [0.15, 0.2) is 11.5 Å². The molecule has 0 bridgehead atoms. The Bertz CT molecular complexity index is 555. The molecule has 0 saturated carbocycles. The lowest BCUT2D eigenvalue weighted by Crippen LogP contribution is -1.99. The zero-order valence-corrected chi connectivity index (χ0v) is 11.2. The Labute approximate surface area is 107 Å². The van der Waals surface area contributed by atoms with Crippen LogP contribution < -0.4 is 9.47 Å². The lowest BCUT2D eigenvalue weighted by atomic mass is 10.00. The minimum Gasteiger partial charge on any atom is -0.493 e. The van der Waals surface area contributed by atoms with Crippen molar-refractivity contribution < 1.29 is 9.47 Å². The third kappa shape index (κ3) is 2.10. The van der Waals surface area contributed by atoms with Gasteiger partial charge in [-0.15, -0.1) is 0 Å². The number of rotatable bonds is 4. The van der Waals surface area contributed by atoms with Gasteiger partial charge in [-0.25, -0.2) is 9.97 Å². The predicted octanol–water partition coefficient (Wildman–Crippen LogP) is 3.16. The molecule has 96 valence electrons. The molecule has 0 amide bonds. The summed E-state index contributed by atoms with van der Waals surface area (Å²) < 4.78 is 10.6. The fourth-order valence-corrected chi connectivity index (χ4v) is 1.99. The maximum Gasteiger partial charge on any atom is 0.162 e. The van der Waals surface area contributed by atoms with Crippen molar-refractivity contribution in [1.82, 2.24) is 9.97 Å². The highest BCUT2D eigenvalue weighted by molar-refractivity contribution is 5.85. The molecule has 0 aliphatic heterocycles. The van der Waals surface area contributed by atoms with E-state index in [-0.39, 0.29) is 0 Å². The van der Waals surface area contributed by atoms with Gasteiger partial charge in [-0.2, -0.15) is 0 Å². The van der Waals surface area contributed by atoms with Crippen LogP contribution in [0.3, 0.4) is 0 Å². The van der Waals surface area contributed by atoms with Crippen molar-refractivity contribution in [2.24, 2.45) is 0 Å². The molecule has 0 aliphatic carbocycles. The molecule has 0 saturated heterocycles. The molecule has 1 unspecified atom stereocenters. The van der Waals surface area contributed by atoms with Crippen LogP contribution in [0.15, 0.2) is 18.5 Å². The largest absolute Gasteiger partial charge is 0.493 e. The van der Waals surface area contributed by atoms with Gasteiger partial charge in [0.1, 0.15) is 6.33 Å². The van der Waals surface area contributed by atoms with Gasteiger partial charge in [-0.05, 0) is 18.4 Å². The molecule has 2 rings (SSSR count). The first kappa shape index (κ1) is 12.6. The maximum absolute atomic E-state index is 5.33. The second-order valence-corrected chi connectivity index (χ2v) is 4.29. The van der Waals surface area contributed by atoms with E-state index in [9.17, 15) is 0 Å². The van der Waals surface area contributed by atoms with Crippen LogP contribution in [0.4, 0.5) is 0 Å². The van der Waals surface area contributed by atoms with Crippen molar-refractivity contribution in [2.45, 2.75) is 26.2 Å². The quantitative estimate of drug-likeness (QED) is 0.831. The van der Waals surface area contributed by atoms with Gasteiger partial charge in [0.05, 0.1) is 25.4 Å². The lowest BCUT2D eigenvalue weighted by molar-refractivity contribution is 0.355. The van der Waals surface area contributed by atoms with E-state index < -0.39 is 0 Å². The molecule has 0 spiro atoms. The number of hydrogen-bond acceptors (Lipinski definition) is 4. The summed E-state index contributed by atoms with van der Waals surface area (Å²) >= 11 is 0. The number of aromatic nitrogens is 2. The van der Waals surface area contributed by atoms with Crippen LogP contribution in [-0.4, -0.2) is 24.2 Å². The van der Waals surface area contributed by atoms with Crippen molar-refractivity contribution in [3.05, 3.63) is 24.2 Å². The summed E-state index contributed by atoms with van der Waals surface area (Å²) in [5.74, 6) is 1.80. The first-order valence-corrected chi connectivity index (χ1v) is 6.07. The SMILES string of the molecule is CCC(C)c1ncnc2cc(OC)c(OC)cc12. The average Bonchev–Trinajstić information content (AvgIpc) is 2.44. The second-order valence-electron chi connectivity index (χ2n) is 4.29. The van der Waals surface area contributed by atoms with E-state index in [0.717, 1.165) is 23.0 Å². The maximum atomic E-state index is 5.33. The van der Waals surface area contributed by atoms with Crippen molar-refractivity contribution in [2.75, 3.05) is 14.2 Å². The first-order chi connectivity index (χ1) is 8.71. The zero-order chi connectivity index (χ0) is 13.1. The Morgan fingerprint density at radius 1 is 1.11 bits per heavy atom. The molecule has 0 radical (unpaired) electrons. The standard InChI is InChI=1S/C14H18N2O2/c1-5-9(2)14-10-6-12(17-3)13(18-4)7-11(10)15-8-16-14/h6-9H,5H2,1-4H3. The fraction of sp³-hybridized carbons (Fsp3) is 0.429. The summed E-state index contributed by atoms with van der Waals surface area (Å²) in [6.45, 7) is 4.32. The van der Waals surface area contributed by atoms with E-state index >= 15 is 0 Å². The van der Waals surface area contributed by atoms with Gasteiger partial charge < -0.3 is 9.47 Å². The first-order valence-electron chi connectivity index (χ1n) is 6.07. The predicted molar refractivity (Wildman–Crippen MR) is 71.3 cm³/mol. The summed E-state index contributed by atoms with van der Waals surface area (Å²) in [7, 11) is 3.26. The van der Waals surface area contributed by atoms with Crippen LogP contribution in [0.25, 0.3) is 10.9 Å². The number of benzene rings is 1. The Hall–Kier alpha value is -1.84.